The zero-order chi connectivity index (χ0) is 10.6. The fourth-order valence-electron chi connectivity index (χ4n) is 0.720. The molecule has 0 aliphatic heterocycles. The molecule has 0 radical (unpaired) electrons. The summed E-state index contributed by atoms with van der Waals surface area (Å²) in [6, 6.07) is 0. The summed E-state index contributed by atoms with van der Waals surface area (Å²) >= 11 is 0. The van der Waals surface area contributed by atoms with E-state index >= 15 is 0 Å². The lowest BCUT2D eigenvalue weighted by atomic mass is 10.5. The van der Waals surface area contributed by atoms with Gasteiger partial charge in [0.15, 0.2) is 5.78 Å². The number of aliphatic hydroxyl groups excluding tert-OH is 1. The average Bonchev–Trinajstić information content (AvgIpc) is 2.15. The fourth-order valence-corrected chi connectivity index (χ4v) is 0.720. The monoisotopic (exact) mass is 206 g/mol. The van der Waals surface area contributed by atoms with E-state index in [-0.39, 0.29) is 19.0 Å². The third-order valence-electron chi connectivity index (χ3n) is 1.28. The minimum Gasteiger partial charge on any atom is -0.394 e. The summed E-state index contributed by atoms with van der Waals surface area (Å²) < 4.78 is 15.0. The largest absolute Gasteiger partial charge is 0.394 e. The number of carbonyl (C=O) groups excluding carboxylic acids is 1. The van der Waals surface area contributed by atoms with Crippen molar-refractivity contribution in [3.8, 4) is 0 Å². The number of rotatable bonds is 10. The lowest BCUT2D eigenvalue weighted by Crippen LogP contribution is -2.12. The quantitative estimate of drug-likeness (QED) is 0.493. The second-order valence-corrected chi connectivity index (χ2v) is 2.70. The standard InChI is InChI=1S/C9H18O5/c1-9(11)8-14-7-6-13-5-4-12-3-2-10/h10H,2-8H2,1H3. The van der Waals surface area contributed by atoms with Crippen molar-refractivity contribution in [3.63, 3.8) is 0 Å². The smallest absolute Gasteiger partial charge is 0.155 e. The molecular formula is C9H18O5. The number of ether oxygens (including phenoxy) is 3. The van der Waals surface area contributed by atoms with Gasteiger partial charge < -0.3 is 19.3 Å². The first kappa shape index (κ1) is 13.5. The van der Waals surface area contributed by atoms with Gasteiger partial charge in [0.2, 0.25) is 0 Å². The maximum atomic E-state index is 10.4. The zero-order valence-electron chi connectivity index (χ0n) is 8.53. The summed E-state index contributed by atoms with van der Waals surface area (Å²) in [6.45, 7) is 3.80. The SMILES string of the molecule is CC(=O)COCCOCCOCCO. The minimum atomic E-state index is 0.0104. The van der Waals surface area contributed by atoms with Crippen LogP contribution in [0.3, 0.4) is 0 Å². The molecule has 0 aromatic carbocycles. The Balaban J connectivity index is 2.88. The lowest BCUT2D eigenvalue weighted by Gasteiger charge is -2.04. The fraction of sp³-hybridized carbons (Fsp3) is 0.889. The van der Waals surface area contributed by atoms with Crippen molar-refractivity contribution in [1.29, 1.82) is 0 Å². The normalized spacial score (nSPS) is 10.4. The molecule has 14 heavy (non-hydrogen) atoms. The highest BCUT2D eigenvalue weighted by molar-refractivity contribution is 5.76. The molecule has 0 spiro atoms. The molecule has 0 aliphatic carbocycles. The van der Waals surface area contributed by atoms with E-state index in [9.17, 15) is 4.79 Å². The molecule has 0 unspecified atom stereocenters. The molecule has 0 bridgehead atoms. The highest BCUT2D eigenvalue weighted by atomic mass is 16.5. The minimum absolute atomic E-state index is 0.0104. The maximum absolute atomic E-state index is 10.4. The maximum Gasteiger partial charge on any atom is 0.155 e. The molecule has 0 rings (SSSR count). The first-order chi connectivity index (χ1) is 6.77. The molecule has 0 saturated carbocycles. The van der Waals surface area contributed by atoms with Crippen LogP contribution in [0.2, 0.25) is 0 Å². The van der Waals surface area contributed by atoms with E-state index in [1.807, 2.05) is 0 Å². The molecule has 0 aromatic rings. The van der Waals surface area contributed by atoms with E-state index in [4.69, 9.17) is 19.3 Å². The first-order valence-electron chi connectivity index (χ1n) is 4.61. The third-order valence-corrected chi connectivity index (χ3v) is 1.28. The number of hydrogen-bond acceptors (Lipinski definition) is 5. The van der Waals surface area contributed by atoms with Gasteiger partial charge in [0, 0.05) is 0 Å². The van der Waals surface area contributed by atoms with E-state index in [2.05, 4.69) is 0 Å². The van der Waals surface area contributed by atoms with E-state index in [0.717, 1.165) is 0 Å². The number of aliphatic hydroxyl groups is 1. The Morgan fingerprint density at radius 2 is 1.50 bits per heavy atom. The topological polar surface area (TPSA) is 65.0 Å². The summed E-state index contributed by atoms with van der Waals surface area (Å²) in [4.78, 5) is 10.4. The van der Waals surface area contributed by atoms with Gasteiger partial charge in [-0.05, 0) is 6.92 Å². The highest BCUT2D eigenvalue weighted by Gasteiger charge is 1.93. The number of ketones is 1. The molecule has 0 aromatic heterocycles. The van der Waals surface area contributed by atoms with Gasteiger partial charge in [-0.2, -0.15) is 0 Å². The Hall–Kier alpha value is -0.490. The first-order valence-corrected chi connectivity index (χ1v) is 4.61. The second kappa shape index (κ2) is 10.6. The van der Waals surface area contributed by atoms with Crippen molar-refractivity contribution in [1.82, 2.24) is 0 Å². The number of carbonyl (C=O) groups is 1. The van der Waals surface area contributed by atoms with Crippen molar-refractivity contribution >= 4 is 5.78 Å². The molecule has 0 amide bonds. The van der Waals surface area contributed by atoms with Crippen LogP contribution in [0.15, 0.2) is 0 Å². The van der Waals surface area contributed by atoms with E-state index < -0.39 is 0 Å². The number of Topliss-reactive ketones (excluding diaryl/α,β-unsaturated/α-hetero) is 1. The molecule has 84 valence electrons. The van der Waals surface area contributed by atoms with Crippen molar-refractivity contribution in [2.75, 3.05) is 46.2 Å². The Bertz CT molecular complexity index is 137. The molecule has 0 fully saturated rings. The Morgan fingerprint density at radius 1 is 1.00 bits per heavy atom. The van der Waals surface area contributed by atoms with Crippen LogP contribution in [0.25, 0.3) is 0 Å². The predicted octanol–water partition coefficient (Wildman–Crippen LogP) is -0.382. The van der Waals surface area contributed by atoms with Crippen LogP contribution in [0.1, 0.15) is 6.92 Å². The van der Waals surface area contributed by atoms with E-state index in [0.29, 0.717) is 33.0 Å². The summed E-state index contributed by atoms with van der Waals surface area (Å²) in [5, 5.41) is 8.37. The molecule has 0 saturated heterocycles. The van der Waals surface area contributed by atoms with Crippen LogP contribution in [-0.2, 0) is 19.0 Å². The molecule has 5 nitrogen and oxygen atoms in total. The van der Waals surface area contributed by atoms with Crippen molar-refractivity contribution in [3.05, 3.63) is 0 Å². The third kappa shape index (κ3) is 11.5. The summed E-state index contributed by atoms with van der Waals surface area (Å²) in [5.41, 5.74) is 0. The predicted molar refractivity (Wildman–Crippen MR) is 50.2 cm³/mol. The van der Waals surface area contributed by atoms with Gasteiger partial charge in [-0.3, -0.25) is 4.79 Å². The van der Waals surface area contributed by atoms with Crippen molar-refractivity contribution in [2.24, 2.45) is 0 Å². The lowest BCUT2D eigenvalue weighted by molar-refractivity contribution is -0.122. The van der Waals surface area contributed by atoms with E-state index in [1.165, 1.54) is 6.92 Å². The Kier molecular flexibility index (Phi) is 10.2. The Morgan fingerprint density at radius 3 is 2.00 bits per heavy atom. The molecule has 0 atom stereocenters. The second-order valence-electron chi connectivity index (χ2n) is 2.70. The van der Waals surface area contributed by atoms with Crippen molar-refractivity contribution < 1.29 is 24.1 Å². The van der Waals surface area contributed by atoms with Crippen molar-refractivity contribution in [2.45, 2.75) is 6.92 Å². The van der Waals surface area contributed by atoms with Crippen LogP contribution in [0, 0.1) is 0 Å². The summed E-state index contributed by atoms with van der Waals surface area (Å²) in [5.74, 6) is 0.0104. The molecule has 0 aliphatic rings. The van der Waals surface area contributed by atoms with Gasteiger partial charge in [-0.1, -0.05) is 0 Å². The van der Waals surface area contributed by atoms with Crippen LogP contribution < -0.4 is 0 Å². The van der Waals surface area contributed by atoms with Crippen LogP contribution in [-0.4, -0.2) is 57.1 Å². The van der Waals surface area contributed by atoms with Crippen LogP contribution in [0.5, 0.6) is 0 Å². The van der Waals surface area contributed by atoms with Crippen LogP contribution in [0.4, 0.5) is 0 Å². The van der Waals surface area contributed by atoms with Gasteiger partial charge in [-0.15, -0.1) is 0 Å². The summed E-state index contributed by atoms with van der Waals surface area (Å²) in [7, 11) is 0. The zero-order valence-corrected chi connectivity index (χ0v) is 8.53. The van der Waals surface area contributed by atoms with Gasteiger partial charge in [0.05, 0.1) is 39.6 Å². The average molecular weight is 206 g/mol. The molecule has 0 heterocycles. The molecule has 5 heteroatoms. The Labute approximate surface area is 84.0 Å². The van der Waals surface area contributed by atoms with E-state index in [1.54, 1.807) is 0 Å². The summed E-state index contributed by atoms with van der Waals surface area (Å²) in [6.07, 6.45) is 0. The van der Waals surface area contributed by atoms with Gasteiger partial charge in [0.25, 0.3) is 0 Å². The van der Waals surface area contributed by atoms with Gasteiger partial charge >= 0.3 is 0 Å². The molecular weight excluding hydrogens is 188 g/mol. The van der Waals surface area contributed by atoms with Gasteiger partial charge in [-0.25, -0.2) is 0 Å². The highest BCUT2D eigenvalue weighted by Crippen LogP contribution is 1.81. The van der Waals surface area contributed by atoms with Gasteiger partial charge in [0.1, 0.15) is 6.61 Å². The molecule has 1 N–H and O–H groups in total. The number of hydrogen-bond donors (Lipinski definition) is 1. The van der Waals surface area contributed by atoms with Crippen LogP contribution >= 0.6 is 0 Å².